The van der Waals surface area contributed by atoms with Crippen molar-refractivity contribution < 1.29 is 5.11 Å². The standard InChI is InChI=1S/C13H15Cl2N3O/c14-12-2-1-10(7-13(12)15)8-18(5-6-19)9-11-3-4-16-17-11/h1-4,7,19H,5-6,8-9H2,(H,16,17). The van der Waals surface area contributed by atoms with Gasteiger partial charge in [0, 0.05) is 31.5 Å². The molecular formula is C13H15Cl2N3O. The Morgan fingerprint density at radius 1 is 1.16 bits per heavy atom. The third kappa shape index (κ3) is 4.21. The number of hydrogen-bond acceptors (Lipinski definition) is 3. The molecule has 2 rings (SSSR count). The fraction of sp³-hybridized carbons (Fsp3) is 0.308. The van der Waals surface area contributed by atoms with E-state index in [9.17, 15) is 0 Å². The van der Waals surface area contributed by atoms with Crippen molar-refractivity contribution in [2.75, 3.05) is 13.2 Å². The molecule has 0 aliphatic rings. The summed E-state index contributed by atoms with van der Waals surface area (Å²) < 4.78 is 0. The molecule has 1 heterocycles. The minimum absolute atomic E-state index is 0.107. The lowest BCUT2D eigenvalue weighted by Crippen LogP contribution is -2.26. The van der Waals surface area contributed by atoms with Gasteiger partial charge in [0.15, 0.2) is 0 Å². The third-order valence-electron chi connectivity index (χ3n) is 2.76. The highest BCUT2D eigenvalue weighted by atomic mass is 35.5. The number of rotatable bonds is 6. The summed E-state index contributed by atoms with van der Waals surface area (Å²) in [5.41, 5.74) is 2.07. The van der Waals surface area contributed by atoms with Crippen molar-refractivity contribution in [2.45, 2.75) is 13.1 Å². The molecule has 4 nitrogen and oxygen atoms in total. The van der Waals surface area contributed by atoms with Crippen LogP contribution in [0.15, 0.2) is 30.5 Å². The number of hydrogen-bond donors (Lipinski definition) is 2. The summed E-state index contributed by atoms with van der Waals surface area (Å²) in [6.07, 6.45) is 1.71. The second-order valence-electron chi connectivity index (χ2n) is 4.26. The van der Waals surface area contributed by atoms with E-state index in [4.69, 9.17) is 28.3 Å². The predicted molar refractivity (Wildman–Crippen MR) is 76.2 cm³/mol. The van der Waals surface area contributed by atoms with Crippen LogP contribution in [0.5, 0.6) is 0 Å². The molecule has 0 radical (unpaired) electrons. The van der Waals surface area contributed by atoms with Crippen molar-refractivity contribution in [3.05, 3.63) is 51.8 Å². The molecule has 2 N–H and O–H groups in total. The van der Waals surface area contributed by atoms with Gasteiger partial charge in [-0.3, -0.25) is 10.00 Å². The minimum atomic E-state index is 0.107. The van der Waals surface area contributed by atoms with E-state index < -0.39 is 0 Å². The highest BCUT2D eigenvalue weighted by molar-refractivity contribution is 6.42. The first-order chi connectivity index (χ1) is 9.19. The van der Waals surface area contributed by atoms with Gasteiger partial charge in [0.25, 0.3) is 0 Å². The molecule has 6 heteroatoms. The maximum Gasteiger partial charge on any atom is 0.0595 e. The Kier molecular flexibility index (Phi) is 5.22. The first-order valence-electron chi connectivity index (χ1n) is 5.94. The molecule has 1 aromatic heterocycles. The largest absolute Gasteiger partial charge is 0.395 e. The number of nitrogens with one attached hydrogen (secondary N) is 1. The lowest BCUT2D eigenvalue weighted by Gasteiger charge is -2.20. The third-order valence-corrected chi connectivity index (χ3v) is 3.50. The van der Waals surface area contributed by atoms with Crippen molar-refractivity contribution in [3.63, 3.8) is 0 Å². The second-order valence-corrected chi connectivity index (χ2v) is 5.08. The van der Waals surface area contributed by atoms with E-state index in [1.807, 2.05) is 18.2 Å². The summed E-state index contributed by atoms with van der Waals surface area (Å²) in [5.74, 6) is 0. The molecule has 2 aromatic rings. The molecule has 19 heavy (non-hydrogen) atoms. The molecule has 0 saturated heterocycles. The van der Waals surface area contributed by atoms with Gasteiger partial charge in [-0.25, -0.2) is 0 Å². The van der Waals surface area contributed by atoms with E-state index in [0.29, 0.717) is 29.7 Å². The van der Waals surface area contributed by atoms with Gasteiger partial charge < -0.3 is 5.11 Å². The maximum absolute atomic E-state index is 9.13. The summed E-state index contributed by atoms with van der Waals surface area (Å²) >= 11 is 11.9. The van der Waals surface area contributed by atoms with Crippen LogP contribution in [0.2, 0.25) is 10.0 Å². The lowest BCUT2D eigenvalue weighted by atomic mass is 10.2. The van der Waals surface area contributed by atoms with E-state index >= 15 is 0 Å². The van der Waals surface area contributed by atoms with Crippen molar-refractivity contribution in [1.29, 1.82) is 0 Å². The van der Waals surface area contributed by atoms with Crippen molar-refractivity contribution >= 4 is 23.2 Å². The van der Waals surface area contributed by atoms with Crippen molar-refractivity contribution in [1.82, 2.24) is 15.1 Å². The molecule has 0 spiro atoms. The van der Waals surface area contributed by atoms with Crippen LogP contribution in [0.1, 0.15) is 11.3 Å². The number of H-pyrrole nitrogens is 1. The van der Waals surface area contributed by atoms with Gasteiger partial charge in [-0.15, -0.1) is 0 Å². The number of halogens is 2. The highest BCUT2D eigenvalue weighted by Crippen LogP contribution is 2.23. The minimum Gasteiger partial charge on any atom is -0.395 e. The quantitative estimate of drug-likeness (QED) is 0.862. The first-order valence-corrected chi connectivity index (χ1v) is 6.70. The van der Waals surface area contributed by atoms with Gasteiger partial charge in [-0.2, -0.15) is 5.10 Å². The summed E-state index contributed by atoms with van der Waals surface area (Å²) in [6.45, 7) is 2.08. The van der Waals surface area contributed by atoms with Crippen LogP contribution in [-0.2, 0) is 13.1 Å². The Morgan fingerprint density at radius 3 is 2.63 bits per heavy atom. The number of aliphatic hydroxyl groups excluding tert-OH is 1. The Balaban J connectivity index is 2.05. The van der Waals surface area contributed by atoms with Crippen molar-refractivity contribution in [3.8, 4) is 0 Å². The van der Waals surface area contributed by atoms with E-state index in [-0.39, 0.29) is 6.61 Å². The lowest BCUT2D eigenvalue weighted by molar-refractivity contribution is 0.183. The number of aromatic nitrogens is 2. The zero-order valence-corrected chi connectivity index (χ0v) is 11.8. The molecule has 0 amide bonds. The molecule has 102 valence electrons. The molecule has 0 aliphatic heterocycles. The second kappa shape index (κ2) is 6.91. The first kappa shape index (κ1) is 14.3. The summed E-state index contributed by atoms with van der Waals surface area (Å²) in [6, 6.07) is 7.48. The van der Waals surface area contributed by atoms with E-state index in [2.05, 4.69) is 15.1 Å². The summed E-state index contributed by atoms with van der Waals surface area (Å²) in [5, 5.41) is 17.0. The fourth-order valence-electron chi connectivity index (χ4n) is 1.87. The van der Waals surface area contributed by atoms with Crippen LogP contribution in [0.4, 0.5) is 0 Å². The average molecular weight is 300 g/mol. The Labute approximate surface area is 122 Å². The molecule has 0 saturated carbocycles. The van der Waals surface area contributed by atoms with Crippen LogP contribution in [0, 0.1) is 0 Å². The van der Waals surface area contributed by atoms with Crippen molar-refractivity contribution in [2.24, 2.45) is 0 Å². The molecule has 0 atom stereocenters. The van der Waals surface area contributed by atoms with Gasteiger partial charge in [-0.1, -0.05) is 29.3 Å². The summed E-state index contributed by atoms with van der Waals surface area (Å²) in [4.78, 5) is 2.10. The SMILES string of the molecule is OCCN(Cc1ccc(Cl)c(Cl)c1)Cc1ccn[nH]1. The topological polar surface area (TPSA) is 52.1 Å². The molecule has 0 aliphatic carbocycles. The van der Waals surface area contributed by atoms with Gasteiger partial charge in [-0.05, 0) is 23.8 Å². The number of aromatic amines is 1. The van der Waals surface area contributed by atoms with Gasteiger partial charge in [0.2, 0.25) is 0 Å². The number of aliphatic hydroxyl groups is 1. The fourth-order valence-corrected chi connectivity index (χ4v) is 2.19. The number of nitrogens with zero attached hydrogens (tertiary/aromatic N) is 2. The predicted octanol–water partition coefficient (Wildman–Crippen LogP) is 2.71. The van der Waals surface area contributed by atoms with Gasteiger partial charge >= 0.3 is 0 Å². The van der Waals surface area contributed by atoms with Gasteiger partial charge in [0.05, 0.1) is 16.7 Å². The Morgan fingerprint density at radius 2 is 2.00 bits per heavy atom. The van der Waals surface area contributed by atoms with Crippen LogP contribution in [0.25, 0.3) is 0 Å². The molecule has 1 aromatic carbocycles. The van der Waals surface area contributed by atoms with E-state index in [1.165, 1.54) is 0 Å². The normalized spacial score (nSPS) is 11.2. The zero-order valence-electron chi connectivity index (χ0n) is 10.3. The van der Waals surface area contributed by atoms with Crippen LogP contribution >= 0.6 is 23.2 Å². The van der Waals surface area contributed by atoms with Crippen LogP contribution in [0.3, 0.4) is 0 Å². The smallest absolute Gasteiger partial charge is 0.0595 e. The van der Waals surface area contributed by atoms with E-state index in [0.717, 1.165) is 11.3 Å². The maximum atomic E-state index is 9.13. The van der Waals surface area contributed by atoms with Gasteiger partial charge in [0.1, 0.15) is 0 Å². The zero-order chi connectivity index (χ0) is 13.7. The number of benzene rings is 1. The summed E-state index contributed by atoms with van der Waals surface area (Å²) in [7, 11) is 0. The Bertz CT molecular complexity index is 517. The average Bonchev–Trinajstić information content (AvgIpc) is 2.87. The van der Waals surface area contributed by atoms with E-state index in [1.54, 1.807) is 12.3 Å². The Hall–Kier alpha value is -1.07. The molecule has 0 bridgehead atoms. The van der Waals surface area contributed by atoms with Crippen LogP contribution < -0.4 is 0 Å². The monoisotopic (exact) mass is 299 g/mol. The van der Waals surface area contributed by atoms with Crippen LogP contribution in [-0.4, -0.2) is 33.4 Å². The highest BCUT2D eigenvalue weighted by Gasteiger charge is 2.08. The molecule has 0 fully saturated rings. The molecular weight excluding hydrogens is 285 g/mol. The molecule has 0 unspecified atom stereocenters.